The van der Waals surface area contributed by atoms with E-state index in [9.17, 15) is 19.7 Å². The number of pyridine rings is 1. The van der Waals surface area contributed by atoms with Crippen LogP contribution in [0.3, 0.4) is 0 Å². The van der Waals surface area contributed by atoms with Gasteiger partial charge in [0.05, 0.1) is 24.1 Å². The average molecular weight is 560 g/mol. The number of anilines is 3. The van der Waals surface area contributed by atoms with Gasteiger partial charge in [0.25, 0.3) is 0 Å². The number of nitro groups is 1. The molecule has 1 amide bonds. The lowest BCUT2D eigenvalue weighted by Gasteiger charge is -2.22. The molecule has 1 heterocycles. The van der Waals surface area contributed by atoms with Crippen LogP contribution < -0.4 is 16.0 Å². The Morgan fingerprint density at radius 3 is 2.12 bits per heavy atom. The minimum absolute atomic E-state index is 0.00661. The van der Waals surface area contributed by atoms with Gasteiger partial charge < -0.3 is 15.4 Å². The lowest BCUT2D eigenvalue weighted by molar-refractivity contribution is -0.383. The molecular formula is C29H26ClN5O5. The van der Waals surface area contributed by atoms with Crippen molar-refractivity contribution in [1.29, 1.82) is 0 Å². The van der Waals surface area contributed by atoms with Crippen LogP contribution in [0.5, 0.6) is 0 Å². The Bertz CT molecular complexity index is 1440. The highest BCUT2D eigenvalue weighted by molar-refractivity contribution is 6.30. The predicted octanol–water partition coefficient (Wildman–Crippen LogP) is 6.71. The Morgan fingerprint density at radius 2 is 1.57 bits per heavy atom. The summed E-state index contributed by atoms with van der Waals surface area (Å²) in [5.74, 6) is -0.547. The monoisotopic (exact) mass is 559 g/mol. The number of benzene rings is 3. The first-order valence-corrected chi connectivity index (χ1v) is 12.8. The maximum atomic E-state index is 12.8. The summed E-state index contributed by atoms with van der Waals surface area (Å²) in [4.78, 5) is 41.0. The molecule has 3 aromatic carbocycles. The second-order valence-electron chi connectivity index (χ2n) is 8.54. The lowest BCUT2D eigenvalue weighted by atomic mass is 9.98. The third-order valence-corrected chi connectivity index (χ3v) is 6.08. The van der Waals surface area contributed by atoms with Gasteiger partial charge in [0.1, 0.15) is 11.5 Å². The topological polar surface area (TPSA) is 135 Å². The Labute approximate surface area is 235 Å². The van der Waals surface area contributed by atoms with E-state index in [1.807, 2.05) is 60.7 Å². The summed E-state index contributed by atoms with van der Waals surface area (Å²) in [6.07, 6.45) is -0.777. The first-order chi connectivity index (χ1) is 19.4. The van der Waals surface area contributed by atoms with E-state index in [-0.39, 0.29) is 36.3 Å². The molecule has 0 aliphatic heterocycles. The largest absolute Gasteiger partial charge is 0.450 e. The summed E-state index contributed by atoms with van der Waals surface area (Å²) < 4.78 is 4.96. The van der Waals surface area contributed by atoms with Crippen LogP contribution in [0, 0.1) is 10.1 Å². The Balaban J connectivity index is 1.75. The van der Waals surface area contributed by atoms with Crippen LogP contribution in [0.4, 0.5) is 27.8 Å². The molecule has 0 aliphatic carbocycles. The van der Waals surface area contributed by atoms with Crippen LogP contribution in [0.15, 0.2) is 91.0 Å². The van der Waals surface area contributed by atoms with Crippen molar-refractivity contribution in [2.24, 2.45) is 0 Å². The Hall–Kier alpha value is -4.96. The van der Waals surface area contributed by atoms with Gasteiger partial charge in [0, 0.05) is 16.7 Å². The Morgan fingerprint density at radius 1 is 0.975 bits per heavy atom. The van der Waals surface area contributed by atoms with Crippen LogP contribution in [-0.4, -0.2) is 34.9 Å². The molecule has 0 saturated heterocycles. The smallest absolute Gasteiger partial charge is 0.412 e. The molecular weight excluding hydrogens is 534 g/mol. The molecule has 204 valence electrons. The average Bonchev–Trinajstić information content (AvgIpc) is 2.95. The van der Waals surface area contributed by atoms with Crippen molar-refractivity contribution < 1.29 is 19.2 Å². The maximum absolute atomic E-state index is 12.8. The number of Topliss-reactive ketones (excluding diaryl/α,β-unsaturated/α-hetero) is 1. The minimum Gasteiger partial charge on any atom is -0.450 e. The normalized spacial score (nSPS) is 10.6. The molecule has 0 spiro atoms. The fourth-order valence-corrected chi connectivity index (χ4v) is 4.13. The number of amides is 1. The van der Waals surface area contributed by atoms with E-state index in [0.717, 1.165) is 11.1 Å². The summed E-state index contributed by atoms with van der Waals surface area (Å²) in [5, 5.41) is 21.4. The standard InChI is InChI=1S/C29H26ClN5O5/c1-2-40-29(37)34-25-17-23(32-26(20-9-5-3-6-10-20)21-11-7-4-8-12-21)27(35(38)39)28(33-25)31-18-24(36)19-13-15-22(30)16-14-19/h3-17,26H,2,18H2,1H3,(H3,31,32,33,34,37). The van der Waals surface area contributed by atoms with Crippen molar-refractivity contribution in [2.45, 2.75) is 13.0 Å². The molecule has 0 saturated carbocycles. The molecule has 3 N–H and O–H groups in total. The number of halogens is 1. The number of carbonyl (C=O) groups is 2. The number of nitrogens with zero attached hydrogens (tertiary/aromatic N) is 2. The fourth-order valence-electron chi connectivity index (χ4n) is 4.00. The molecule has 4 aromatic rings. The summed E-state index contributed by atoms with van der Waals surface area (Å²) in [5.41, 5.74) is 1.76. The van der Waals surface area contributed by atoms with E-state index < -0.39 is 22.7 Å². The molecule has 0 bridgehead atoms. The highest BCUT2D eigenvalue weighted by Crippen LogP contribution is 2.37. The molecule has 1 aromatic heterocycles. The predicted molar refractivity (Wildman–Crippen MR) is 154 cm³/mol. The zero-order chi connectivity index (χ0) is 28.5. The molecule has 0 aliphatic rings. The van der Waals surface area contributed by atoms with Crippen LogP contribution in [0.2, 0.25) is 5.02 Å². The number of ketones is 1. The number of carbonyl (C=O) groups excluding carboxylic acids is 2. The van der Waals surface area contributed by atoms with Crippen LogP contribution in [0.25, 0.3) is 0 Å². The van der Waals surface area contributed by atoms with Crippen LogP contribution in [-0.2, 0) is 4.74 Å². The van der Waals surface area contributed by atoms with Gasteiger partial charge in [-0.05, 0) is 42.3 Å². The first-order valence-electron chi connectivity index (χ1n) is 12.4. The molecule has 0 atom stereocenters. The highest BCUT2D eigenvalue weighted by atomic mass is 35.5. The van der Waals surface area contributed by atoms with E-state index in [2.05, 4.69) is 20.9 Å². The van der Waals surface area contributed by atoms with Gasteiger partial charge in [-0.15, -0.1) is 0 Å². The van der Waals surface area contributed by atoms with Gasteiger partial charge in [-0.25, -0.2) is 9.78 Å². The van der Waals surface area contributed by atoms with Gasteiger partial charge in [-0.2, -0.15) is 0 Å². The van der Waals surface area contributed by atoms with E-state index in [4.69, 9.17) is 16.3 Å². The molecule has 0 radical (unpaired) electrons. The van der Waals surface area contributed by atoms with Gasteiger partial charge in [0.2, 0.25) is 5.82 Å². The summed E-state index contributed by atoms with van der Waals surface area (Å²) in [7, 11) is 0. The zero-order valence-electron chi connectivity index (χ0n) is 21.5. The Kier molecular flexibility index (Phi) is 9.27. The van der Waals surface area contributed by atoms with Gasteiger partial charge >= 0.3 is 11.8 Å². The molecule has 10 nitrogen and oxygen atoms in total. The first kappa shape index (κ1) is 28.1. The number of ether oxygens (including phenoxy) is 1. The molecule has 4 rings (SSSR count). The number of nitrogens with one attached hydrogen (secondary N) is 3. The van der Waals surface area contributed by atoms with Crippen molar-refractivity contribution in [1.82, 2.24) is 4.98 Å². The van der Waals surface area contributed by atoms with Crippen molar-refractivity contribution in [2.75, 3.05) is 29.1 Å². The SMILES string of the molecule is CCOC(=O)Nc1cc(NC(c2ccccc2)c2ccccc2)c([N+](=O)[O-])c(NCC(=O)c2ccc(Cl)cc2)n1. The summed E-state index contributed by atoms with van der Waals surface area (Å²) in [6, 6.07) is 26.0. The zero-order valence-corrected chi connectivity index (χ0v) is 22.2. The van der Waals surface area contributed by atoms with Crippen molar-refractivity contribution in [3.05, 3.63) is 123 Å². The summed E-state index contributed by atoms with van der Waals surface area (Å²) in [6.45, 7) is 1.47. The van der Waals surface area contributed by atoms with E-state index in [1.54, 1.807) is 31.2 Å². The fraction of sp³-hybridized carbons (Fsp3) is 0.138. The number of hydrogen-bond acceptors (Lipinski definition) is 8. The molecule has 0 fully saturated rings. The van der Waals surface area contributed by atoms with Crippen molar-refractivity contribution >= 4 is 46.5 Å². The van der Waals surface area contributed by atoms with E-state index in [0.29, 0.717) is 10.6 Å². The molecule has 11 heteroatoms. The lowest BCUT2D eigenvalue weighted by Crippen LogP contribution is -2.20. The van der Waals surface area contributed by atoms with Crippen LogP contribution in [0.1, 0.15) is 34.5 Å². The van der Waals surface area contributed by atoms with Crippen molar-refractivity contribution in [3.8, 4) is 0 Å². The van der Waals surface area contributed by atoms with E-state index >= 15 is 0 Å². The minimum atomic E-state index is -0.777. The van der Waals surface area contributed by atoms with Gasteiger partial charge in [0.15, 0.2) is 5.78 Å². The highest BCUT2D eigenvalue weighted by Gasteiger charge is 2.27. The quantitative estimate of drug-likeness (QED) is 0.105. The van der Waals surface area contributed by atoms with E-state index in [1.165, 1.54) is 6.07 Å². The van der Waals surface area contributed by atoms with Crippen LogP contribution >= 0.6 is 11.6 Å². The molecule has 0 unspecified atom stereocenters. The number of aromatic nitrogens is 1. The number of hydrogen-bond donors (Lipinski definition) is 3. The molecule has 40 heavy (non-hydrogen) atoms. The second-order valence-corrected chi connectivity index (χ2v) is 8.97. The van der Waals surface area contributed by atoms with Gasteiger partial charge in [-0.3, -0.25) is 20.2 Å². The summed E-state index contributed by atoms with van der Waals surface area (Å²) >= 11 is 5.91. The van der Waals surface area contributed by atoms with Crippen molar-refractivity contribution in [3.63, 3.8) is 0 Å². The third-order valence-electron chi connectivity index (χ3n) is 5.83. The second kappa shape index (κ2) is 13.2. The van der Waals surface area contributed by atoms with Gasteiger partial charge in [-0.1, -0.05) is 72.3 Å². The third kappa shape index (κ3) is 7.12. The maximum Gasteiger partial charge on any atom is 0.412 e. The number of rotatable bonds is 11.